The first-order chi connectivity index (χ1) is 14.5. The molecular formula is C24H33FO6. The molecule has 0 aromatic heterocycles. The van der Waals surface area contributed by atoms with Crippen LogP contribution in [-0.2, 0) is 28.6 Å². The van der Waals surface area contributed by atoms with Crippen LogP contribution < -0.4 is 0 Å². The molecule has 5 unspecified atom stereocenters. The maximum atomic E-state index is 15.1. The van der Waals surface area contributed by atoms with Crippen LogP contribution in [0.2, 0.25) is 0 Å². The summed E-state index contributed by atoms with van der Waals surface area (Å²) in [5, 5.41) is 0. The summed E-state index contributed by atoms with van der Waals surface area (Å²) >= 11 is 0. The SMILES string of the molecule is C=C(C)C(=O)OC1CCC(C2CC(OC(=O)C(=C)C)CC(OC(=O)C(=C)C)C2)C(F)C1. The van der Waals surface area contributed by atoms with Crippen molar-refractivity contribution in [1.29, 1.82) is 0 Å². The van der Waals surface area contributed by atoms with Crippen LogP contribution in [0.3, 0.4) is 0 Å². The number of halogens is 1. The van der Waals surface area contributed by atoms with Crippen molar-refractivity contribution < 1.29 is 33.0 Å². The van der Waals surface area contributed by atoms with Gasteiger partial charge < -0.3 is 14.2 Å². The van der Waals surface area contributed by atoms with Gasteiger partial charge in [0.05, 0.1) is 0 Å². The van der Waals surface area contributed by atoms with Gasteiger partial charge in [-0.25, -0.2) is 18.8 Å². The van der Waals surface area contributed by atoms with E-state index in [-0.39, 0.29) is 35.0 Å². The van der Waals surface area contributed by atoms with Crippen LogP contribution in [0.1, 0.15) is 59.3 Å². The molecule has 0 aromatic rings. The lowest BCUT2D eigenvalue weighted by molar-refractivity contribution is -0.158. The van der Waals surface area contributed by atoms with Gasteiger partial charge in [0.2, 0.25) is 0 Å². The van der Waals surface area contributed by atoms with Gasteiger partial charge in [0, 0.05) is 29.6 Å². The Labute approximate surface area is 183 Å². The molecule has 2 aliphatic carbocycles. The molecule has 0 aromatic carbocycles. The maximum Gasteiger partial charge on any atom is 0.333 e. The van der Waals surface area contributed by atoms with Gasteiger partial charge in [-0.1, -0.05) is 19.7 Å². The van der Waals surface area contributed by atoms with E-state index in [9.17, 15) is 14.4 Å². The lowest BCUT2D eigenvalue weighted by Crippen LogP contribution is -2.43. The van der Waals surface area contributed by atoms with Gasteiger partial charge >= 0.3 is 17.9 Å². The van der Waals surface area contributed by atoms with Crippen LogP contribution in [0, 0.1) is 11.8 Å². The Morgan fingerprint density at radius 3 is 1.48 bits per heavy atom. The number of hydrogen-bond donors (Lipinski definition) is 0. The lowest BCUT2D eigenvalue weighted by Gasteiger charge is -2.41. The quantitative estimate of drug-likeness (QED) is 0.335. The van der Waals surface area contributed by atoms with Crippen LogP contribution >= 0.6 is 0 Å². The zero-order chi connectivity index (χ0) is 23.3. The average Bonchev–Trinajstić information content (AvgIpc) is 2.67. The average molecular weight is 437 g/mol. The predicted molar refractivity (Wildman–Crippen MR) is 114 cm³/mol. The maximum absolute atomic E-state index is 15.1. The summed E-state index contributed by atoms with van der Waals surface area (Å²) in [6.45, 7) is 15.4. The van der Waals surface area contributed by atoms with Crippen LogP contribution in [0.4, 0.5) is 4.39 Å². The molecule has 0 N–H and O–H groups in total. The van der Waals surface area contributed by atoms with Crippen molar-refractivity contribution in [3.63, 3.8) is 0 Å². The summed E-state index contributed by atoms with van der Waals surface area (Å²) in [5.41, 5.74) is 0.843. The summed E-state index contributed by atoms with van der Waals surface area (Å²) in [5.74, 6) is -1.96. The highest BCUT2D eigenvalue weighted by Crippen LogP contribution is 2.42. The molecule has 0 radical (unpaired) electrons. The van der Waals surface area contributed by atoms with Gasteiger partial charge in [-0.05, 0) is 58.3 Å². The molecule has 6 nitrogen and oxygen atoms in total. The molecule has 5 atom stereocenters. The minimum atomic E-state index is -1.17. The number of rotatable bonds is 7. The number of ether oxygens (including phenoxy) is 3. The van der Waals surface area contributed by atoms with Crippen molar-refractivity contribution in [3.8, 4) is 0 Å². The third-order valence-electron chi connectivity index (χ3n) is 5.90. The molecule has 7 heteroatoms. The fraction of sp³-hybridized carbons (Fsp3) is 0.625. The monoisotopic (exact) mass is 436 g/mol. The van der Waals surface area contributed by atoms with E-state index in [4.69, 9.17) is 14.2 Å². The van der Waals surface area contributed by atoms with E-state index in [0.29, 0.717) is 32.1 Å². The second kappa shape index (κ2) is 10.7. The number of hydrogen-bond acceptors (Lipinski definition) is 6. The van der Waals surface area contributed by atoms with Crippen molar-refractivity contribution in [2.24, 2.45) is 11.8 Å². The lowest BCUT2D eigenvalue weighted by atomic mass is 9.70. The van der Waals surface area contributed by atoms with E-state index < -0.39 is 42.4 Å². The molecule has 0 bridgehead atoms. The zero-order valence-electron chi connectivity index (χ0n) is 18.7. The molecular weight excluding hydrogens is 403 g/mol. The zero-order valence-corrected chi connectivity index (χ0v) is 18.7. The second-order valence-electron chi connectivity index (χ2n) is 8.88. The summed E-state index contributed by atoms with van der Waals surface area (Å²) < 4.78 is 31.5. The number of esters is 3. The summed E-state index contributed by atoms with van der Waals surface area (Å²) in [6.07, 6.45) is -0.0981. The Hall–Kier alpha value is -2.44. The van der Waals surface area contributed by atoms with Gasteiger partial charge in [0.25, 0.3) is 0 Å². The Morgan fingerprint density at radius 1 is 0.677 bits per heavy atom. The highest BCUT2D eigenvalue weighted by Gasteiger charge is 2.42. The first-order valence-corrected chi connectivity index (χ1v) is 10.7. The highest BCUT2D eigenvalue weighted by molar-refractivity contribution is 5.88. The van der Waals surface area contributed by atoms with E-state index >= 15 is 4.39 Å². The van der Waals surface area contributed by atoms with Crippen LogP contribution in [0.25, 0.3) is 0 Å². The summed E-state index contributed by atoms with van der Waals surface area (Å²) in [7, 11) is 0. The van der Waals surface area contributed by atoms with Crippen LogP contribution in [-0.4, -0.2) is 42.4 Å². The molecule has 0 amide bonds. The number of carbonyl (C=O) groups is 3. The van der Waals surface area contributed by atoms with Crippen molar-refractivity contribution in [2.45, 2.75) is 83.8 Å². The Bertz CT molecular complexity index is 721. The first-order valence-electron chi connectivity index (χ1n) is 10.7. The Kier molecular flexibility index (Phi) is 8.60. The third-order valence-corrected chi connectivity index (χ3v) is 5.90. The van der Waals surface area contributed by atoms with E-state index in [1.807, 2.05) is 0 Å². The van der Waals surface area contributed by atoms with Gasteiger partial charge in [-0.3, -0.25) is 0 Å². The fourth-order valence-corrected chi connectivity index (χ4v) is 4.30. The fourth-order valence-electron chi connectivity index (χ4n) is 4.30. The Morgan fingerprint density at radius 2 is 1.10 bits per heavy atom. The van der Waals surface area contributed by atoms with E-state index in [1.165, 1.54) is 0 Å². The third kappa shape index (κ3) is 7.04. The number of carbonyl (C=O) groups excluding carboxylic acids is 3. The number of alkyl halides is 1. The van der Waals surface area contributed by atoms with Crippen molar-refractivity contribution >= 4 is 17.9 Å². The first kappa shape index (κ1) is 24.8. The molecule has 0 aliphatic heterocycles. The van der Waals surface area contributed by atoms with E-state index in [1.54, 1.807) is 20.8 Å². The summed E-state index contributed by atoms with van der Waals surface area (Å²) in [4.78, 5) is 35.8. The van der Waals surface area contributed by atoms with Gasteiger partial charge in [-0.15, -0.1) is 0 Å². The second-order valence-corrected chi connectivity index (χ2v) is 8.88. The van der Waals surface area contributed by atoms with Crippen LogP contribution in [0.15, 0.2) is 36.5 Å². The molecule has 172 valence electrons. The standard InChI is InChI=1S/C24H33FO6/c1-13(2)22(26)29-17-7-8-20(21(25)12-17)16-9-18(30-23(27)14(3)4)11-19(10-16)31-24(28)15(5)6/h16-21H,1,3,5,7-12H2,2,4,6H3. The Balaban J connectivity index is 2.07. The molecule has 0 saturated heterocycles. The molecule has 31 heavy (non-hydrogen) atoms. The molecule has 0 heterocycles. The van der Waals surface area contributed by atoms with Crippen LogP contribution in [0.5, 0.6) is 0 Å². The van der Waals surface area contributed by atoms with Crippen molar-refractivity contribution in [3.05, 3.63) is 36.5 Å². The van der Waals surface area contributed by atoms with Crippen molar-refractivity contribution in [2.75, 3.05) is 0 Å². The topological polar surface area (TPSA) is 78.9 Å². The van der Waals surface area contributed by atoms with E-state index in [2.05, 4.69) is 19.7 Å². The predicted octanol–water partition coefficient (Wildman–Crippen LogP) is 4.39. The van der Waals surface area contributed by atoms with Gasteiger partial charge in [-0.2, -0.15) is 0 Å². The minimum absolute atomic E-state index is 0.118. The normalized spacial score (nSPS) is 30.6. The molecule has 0 spiro atoms. The largest absolute Gasteiger partial charge is 0.459 e. The van der Waals surface area contributed by atoms with Crippen molar-refractivity contribution in [1.82, 2.24) is 0 Å². The smallest absolute Gasteiger partial charge is 0.333 e. The van der Waals surface area contributed by atoms with Gasteiger partial charge in [0.15, 0.2) is 0 Å². The molecule has 2 fully saturated rings. The van der Waals surface area contributed by atoms with Gasteiger partial charge in [0.1, 0.15) is 24.5 Å². The molecule has 2 saturated carbocycles. The molecule has 2 aliphatic rings. The molecule has 2 rings (SSSR count). The minimum Gasteiger partial charge on any atom is -0.459 e. The summed E-state index contributed by atoms with van der Waals surface area (Å²) in [6, 6.07) is 0. The highest BCUT2D eigenvalue weighted by atomic mass is 19.1. The van der Waals surface area contributed by atoms with E-state index in [0.717, 1.165) is 0 Å².